The van der Waals surface area contributed by atoms with Crippen LogP contribution >= 0.6 is 0 Å². The second-order valence-corrected chi connectivity index (χ2v) is 10.7. The second kappa shape index (κ2) is 12.5. The molecule has 2 heterocycles. The Bertz CT molecular complexity index is 1070. The molecule has 5 rings (SSSR count). The summed E-state index contributed by atoms with van der Waals surface area (Å²) >= 11 is 0. The van der Waals surface area contributed by atoms with E-state index in [4.69, 9.17) is 4.74 Å². The Morgan fingerprint density at radius 2 is 1.47 bits per heavy atom. The van der Waals surface area contributed by atoms with Crippen LogP contribution in [-0.4, -0.2) is 36.2 Å². The molecule has 0 aromatic heterocycles. The average molecular weight is 484 g/mol. The number of hydrogen-bond acceptors (Lipinski definition) is 3. The molecule has 0 aliphatic carbocycles. The van der Waals surface area contributed by atoms with Gasteiger partial charge in [-0.2, -0.15) is 0 Å². The third kappa shape index (κ3) is 6.31. The standard InChI is InChI=1S/C33H41NO2/c35-29-19-20-32-30(24-29)33(31(25-36-32)27-13-7-5-8-14-27)28-17-15-26(16-18-28)12-6-3-1-2-4-9-21-34-22-10-11-23-34/h5,7-8,13-20,24,31,33,35H,1-4,6,9-12,21-23,25H2/t31-,33?/m1/s1. The van der Waals surface area contributed by atoms with E-state index >= 15 is 0 Å². The van der Waals surface area contributed by atoms with Crippen molar-refractivity contribution in [2.45, 2.75) is 69.6 Å². The van der Waals surface area contributed by atoms with Gasteiger partial charge < -0.3 is 14.7 Å². The molecule has 3 heteroatoms. The number of aromatic hydroxyl groups is 1. The molecule has 1 saturated heterocycles. The molecule has 3 nitrogen and oxygen atoms in total. The smallest absolute Gasteiger partial charge is 0.123 e. The molecule has 0 bridgehead atoms. The number of rotatable bonds is 11. The minimum absolute atomic E-state index is 0.165. The van der Waals surface area contributed by atoms with Crippen molar-refractivity contribution in [1.82, 2.24) is 4.90 Å². The number of fused-ring (bicyclic) bond motifs is 1. The lowest BCUT2D eigenvalue weighted by molar-refractivity contribution is 0.248. The highest BCUT2D eigenvalue weighted by atomic mass is 16.5. The van der Waals surface area contributed by atoms with Crippen molar-refractivity contribution >= 4 is 0 Å². The number of benzene rings is 3. The Morgan fingerprint density at radius 3 is 2.25 bits per heavy atom. The Labute approximate surface area is 217 Å². The lowest BCUT2D eigenvalue weighted by Crippen LogP contribution is -2.25. The van der Waals surface area contributed by atoms with E-state index in [9.17, 15) is 5.11 Å². The topological polar surface area (TPSA) is 32.7 Å². The molecular formula is C33H41NO2. The molecule has 1 fully saturated rings. The van der Waals surface area contributed by atoms with Crippen LogP contribution in [0.3, 0.4) is 0 Å². The van der Waals surface area contributed by atoms with Gasteiger partial charge in [-0.1, -0.05) is 80.3 Å². The number of ether oxygens (including phenoxy) is 1. The van der Waals surface area contributed by atoms with E-state index < -0.39 is 0 Å². The van der Waals surface area contributed by atoms with Gasteiger partial charge in [0.2, 0.25) is 0 Å². The van der Waals surface area contributed by atoms with E-state index in [1.165, 1.54) is 87.7 Å². The first kappa shape index (κ1) is 24.9. The molecule has 36 heavy (non-hydrogen) atoms. The van der Waals surface area contributed by atoms with Gasteiger partial charge in [0.1, 0.15) is 11.5 Å². The fourth-order valence-electron chi connectivity index (χ4n) is 6.07. The van der Waals surface area contributed by atoms with Crippen molar-refractivity contribution in [1.29, 1.82) is 0 Å². The van der Waals surface area contributed by atoms with Crippen molar-refractivity contribution < 1.29 is 9.84 Å². The van der Waals surface area contributed by atoms with E-state index in [0.29, 0.717) is 12.4 Å². The molecule has 0 amide bonds. The van der Waals surface area contributed by atoms with Crippen LogP contribution in [0, 0.1) is 0 Å². The van der Waals surface area contributed by atoms with Crippen LogP contribution in [0.1, 0.15) is 85.5 Å². The maximum Gasteiger partial charge on any atom is 0.123 e. The zero-order chi connectivity index (χ0) is 24.6. The summed E-state index contributed by atoms with van der Waals surface area (Å²) in [6.07, 6.45) is 12.1. The molecule has 190 valence electrons. The minimum atomic E-state index is 0.165. The fourth-order valence-corrected chi connectivity index (χ4v) is 6.07. The number of hydrogen-bond donors (Lipinski definition) is 1. The third-order valence-corrected chi connectivity index (χ3v) is 8.10. The zero-order valence-electron chi connectivity index (χ0n) is 21.6. The first-order chi connectivity index (χ1) is 17.8. The average Bonchev–Trinajstić information content (AvgIpc) is 3.44. The lowest BCUT2D eigenvalue weighted by atomic mass is 9.75. The van der Waals surface area contributed by atoms with Crippen molar-refractivity contribution in [2.75, 3.05) is 26.2 Å². The first-order valence-corrected chi connectivity index (χ1v) is 14.1. The van der Waals surface area contributed by atoms with Crippen LogP contribution in [0.5, 0.6) is 11.5 Å². The number of nitrogens with zero attached hydrogens (tertiary/aromatic N) is 1. The van der Waals surface area contributed by atoms with Crippen LogP contribution in [-0.2, 0) is 6.42 Å². The van der Waals surface area contributed by atoms with Crippen molar-refractivity contribution in [3.05, 3.63) is 95.1 Å². The monoisotopic (exact) mass is 483 g/mol. The van der Waals surface area contributed by atoms with Gasteiger partial charge in [0.05, 0.1) is 6.61 Å². The summed E-state index contributed by atoms with van der Waals surface area (Å²) in [5, 5.41) is 10.2. The van der Waals surface area contributed by atoms with E-state index in [1.54, 1.807) is 6.07 Å². The number of phenolic OH excluding ortho intramolecular Hbond substituents is 1. The van der Waals surface area contributed by atoms with Crippen LogP contribution in [0.4, 0.5) is 0 Å². The van der Waals surface area contributed by atoms with Gasteiger partial charge in [-0.25, -0.2) is 0 Å². The van der Waals surface area contributed by atoms with Gasteiger partial charge in [-0.15, -0.1) is 0 Å². The number of aryl methyl sites for hydroxylation is 1. The maximum absolute atomic E-state index is 10.2. The van der Waals surface area contributed by atoms with Crippen molar-refractivity contribution in [3.63, 3.8) is 0 Å². The van der Waals surface area contributed by atoms with Gasteiger partial charge in [0, 0.05) is 17.4 Å². The Kier molecular flexibility index (Phi) is 8.61. The SMILES string of the molecule is Oc1ccc2c(c1)C(c1ccc(CCCCCCCCN3CCCC3)cc1)[C@@H](c1ccccc1)CO2. The highest BCUT2D eigenvalue weighted by molar-refractivity contribution is 5.50. The van der Waals surface area contributed by atoms with Gasteiger partial charge >= 0.3 is 0 Å². The van der Waals surface area contributed by atoms with Crippen molar-refractivity contribution in [3.8, 4) is 11.5 Å². The van der Waals surface area contributed by atoms with E-state index in [2.05, 4.69) is 59.5 Å². The predicted molar refractivity (Wildman–Crippen MR) is 148 cm³/mol. The molecule has 3 aromatic carbocycles. The van der Waals surface area contributed by atoms with E-state index in [1.807, 2.05) is 12.1 Å². The molecule has 0 saturated carbocycles. The maximum atomic E-state index is 10.2. The molecular weight excluding hydrogens is 442 g/mol. The number of likely N-dealkylation sites (tertiary alicyclic amines) is 1. The largest absolute Gasteiger partial charge is 0.508 e. The molecule has 2 atom stereocenters. The highest BCUT2D eigenvalue weighted by Crippen LogP contribution is 2.47. The van der Waals surface area contributed by atoms with E-state index in [-0.39, 0.29) is 11.8 Å². The molecule has 1 unspecified atom stereocenters. The third-order valence-electron chi connectivity index (χ3n) is 8.10. The van der Waals surface area contributed by atoms with Crippen LogP contribution in [0.15, 0.2) is 72.8 Å². The molecule has 1 N–H and O–H groups in total. The van der Waals surface area contributed by atoms with E-state index in [0.717, 1.165) is 17.7 Å². The predicted octanol–water partition coefficient (Wildman–Crippen LogP) is 7.68. The van der Waals surface area contributed by atoms with Crippen LogP contribution < -0.4 is 4.74 Å². The second-order valence-electron chi connectivity index (χ2n) is 10.7. The summed E-state index contributed by atoms with van der Waals surface area (Å²) in [6, 6.07) is 25.4. The first-order valence-electron chi connectivity index (χ1n) is 14.1. The summed E-state index contributed by atoms with van der Waals surface area (Å²) in [5.74, 6) is 1.56. The Balaban J connectivity index is 1.16. The molecule has 0 radical (unpaired) electrons. The fraction of sp³-hybridized carbons (Fsp3) is 0.455. The molecule has 2 aliphatic heterocycles. The number of unbranched alkanes of at least 4 members (excludes halogenated alkanes) is 5. The van der Waals surface area contributed by atoms with Gasteiger partial charge in [-0.05, 0) is 86.6 Å². The van der Waals surface area contributed by atoms with Crippen LogP contribution in [0.2, 0.25) is 0 Å². The molecule has 2 aliphatic rings. The highest BCUT2D eigenvalue weighted by Gasteiger charge is 2.33. The summed E-state index contributed by atoms with van der Waals surface area (Å²) < 4.78 is 6.13. The van der Waals surface area contributed by atoms with Crippen LogP contribution in [0.25, 0.3) is 0 Å². The normalized spacial score (nSPS) is 19.7. The molecule has 0 spiro atoms. The van der Waals surface area contributed by atoms with Gasteiger partial charge in [0.25, 0.3) is 0 Å². The molecule has 3 aromatic rings. The quantitative estimate of drug-likeness (QED) is 0.284. The zero-order valence-corrected chi connectivity index (χ0v) is 21.6. The van der Waals surface area contributed by atoms with Gasteiger partial charge in [-0.3, -0.25) is 0 Å². The van der Waals surface area contributed by atoms with Gasteiger partial charge in [0.15, 0.2) is 0 Å². The number of phenols is 1. The Morgan fingerprint density at radius 1 is 0.750 bits per heavy atom. The van der Waals surface area contributed by atoms with Crippen molar-refractivity contribution in [2.24, 2.45) is 0 Å². The lowest BCUT2D eigenvalue weighted by Gasteiger charge is -2.34. The Hall–Kier alpha value is -2.78. The summed E-state index contributed by atoms with van der Waals surface area (Å²) in [7, 11) is 0. The summed E-state index contributed by atoms with van der Waals surface area (Å²) in [4.78, 5) is 2.63. The summed E-state index contributed by atoms with van der Waals surface area (Å²) in [5.41, 5.74) is 5.07. The summed E-state index contributed by atoms with van der Waals surface area (Å²) in [6.45, 7) is 4.62. The minimum Gasteiger partial charge on any atom is -0.508 e.